The molecular weight excluding hydrogens is 128 g/mol. The monoisotopic (exact) mass is 142 g/mol. The van der Waals surface area contributed by atoms with Gasteiger partial charge in [0, 0.05) is 0 Å². The highest BCUT2D eigenvalue weighted by Crippen LogP contribution is 2.03. The smallest absolute Gasteiger partial charge is 0.312 e. The van der Waals surface area contributed by atoms with E-state index in [4.69, 9.17) is 0 Å². The van der Waals surface area contributed by atoms with Crippen molar-refractivity contribution in [2.45, 2.75) is 20.8 Å². The van der Waals surface area contributed by atoms with Crippen molar-refractivity contribution in [1.82, 2.24) is 0 Å². The fourth-order valence-corrected chi connectivity index (χ4v) is 0.754. The van der Waals surface area contributed by atoms with Gasteiger partial charge >= 0.3 is 5.97 Å². The SMILES string of the molecule is COC(=O)[C@H](C)C=C(C)C. The minimum absolute atomic E-state index is 0.116. The summed E-state index contributed by atoms with van der Waals surface area (Å²) in [7, 11) is 1.40. The maximum absolute atomic E-state index is 10.8. The number of hydrogen-bond acceptors (Lipinski definition) is 2. The van der Waals surface area contributed by atoms with Crippen LogP contribution in [0.2, 0.25) is 0 Å². The predicted molar refractivity (Wildman–Crippen MR) is 40.6 cm³/mol. The Morgan fingerprint density at radius 3 is 2.30 bits per heavy atom. The van der Waals surface area contributed by atoms with E-state index in [0.29, 0.717) is 0 Å². The van der Waals surface area contributed by atoms with Gasteiger partial charge in [0.2, 0.25) is 0 Å². The molecule has 0 aromatic carbocycles. The normalized spacial score (nSPS) is 12.0. The van der Waals surface area contributed by atoms with Gasteiger partial charge in [0.15, 0.2) is 0 Å². The van der Waals surface area contributed by atoms with Crippen LogP contribution in [0.4, 0.5) is 0 Å². The van der Waals surface area contributed by atoms with Gasteiger partial charge in [-0.3, -0.25) is 4.79 Å². The summed E-state index contributed by atoms with van der Waals surface area (Å²) in [6, 6.07) is 0. The predicted octanol–water partition coefficient (Wildman–Crippen LogP) is 1.76. The Hall–Kier alpha value is -0.790. The fraction of sp³-hybridized carbons (Fsp3) is 0.625. The largest absolute Gasteiger partial charge is 0.469 e. The Labute approximate surface area is 61.9 Å². The molecule has 0 bridgehead atoms. The van der Waals surface area contributed by atoms with E-state index in [1.807, 2.05) is 26.8 Å². The van der Waals surface area contributed by atoms with Crippen molar-refractivity contribution in [2.75, 3.05) is 7.11 Å². The van der Waals surface area contributed by atoms with Crippen LogP contribution in [-0.4, -0.2) is 13.1 Å². The average Bonchev–Trinajstić information content (AvgIpc) is 1.85. The molecule has 2 nitrogen and oxygen atoms in total. The van der Waals surface area contributed by atoms with Crippen LogP contribution >= 0.6 is 0 Å². The molecule has 0 heterocycles. The first-order chi connectivity index (χ1) is 4.57. The molecule has 0 unspecified atom stereocenters. The number of carbonyl (C=O) groups is 1. The lowest BCUT2D eigenvalue weighted by molar-refractivity contribution is -0.143. The zero-order valence-corrected chi connectivity index (χ0v) is 6.97. The Kier molecular flexibility index (Phi) is 3.77. The van der Waals surface area contributed by atoms with Crippen molar-refractivity contribution in [2.24, 2.45) is 5.92 Å². The minimum Gasteiger partial charge on any atom is -0.469 e. The molecule has 0 spiro atoms. The molecule has 1 atom stereocenters. The van der Waals surface area contributed by atoms with Gasteiger partial charge in [0.25, 0.3) is 0 Å². The zero-order chi connectivity index (χ0) is 8.15. The van der Waals surface area contributed by atoms with E-state index in [0.717, 1.165) is 5.57 Å². The van der Waals surface area contributed by atoms with Crippen molar-refractivity contribution in [3.63, 3.8) is 0 Å². The molecule has 0 aromatic heterocycles. The highest BCUT2D eigenvalue weighted by atomic mass is 16.5. The molecule has 0 N–H and O–H groups in total. The zero-order valence-electron chi connectivity index (χ0n) is 6.97. The van der Waals surface area contributed by atoms with Crippen molar-refractivity contribution in [1.29, 1.82) is 0 Å². The summed E-state index contributed by atoms with van der Waals surface area (Å²) in [6.07, 6.45) is 1.88. The van der Waals surface area contributed by atoms with Gasteiger partial charge in [-0.1, -0.05) is 11.6 Å². The van der Waals surface area contributed by atoms with Gasteiger partial charge in [0.05, 0.1) is 13.0 Å². The molecule has 0 saturated carbocycles. The number of allylic oxidation sites excluding steroid dienone is 1. The van der Waals surface area contributed by atoms with Crippen LogP contribution in [0.25, 0.3) is 0 Å². The number of rotatable bonds is 2. The standard InChI is InChI=1S/C8H14O2/c1-6(2)5-7(3)8(9)10-4/h5,7H,1-4H3/t7-/m1/s1. The lowest BCUT2D eigenvalue weighted by Crippen LogP contribution is -2.10. The molecule has 0 aliphatic rings. The lowest BCUT2D eigenvalue weighted by Gasteiger charge is -2.02. The van der Waals surface area contributed by atoms with Gasteiger partial charge in [0.1, 0.15) is 0 Å². The second-order valence-corrected chi connectivity index (χ2v) is 2.56. The van der Waals surface area contributed by atoms with E-state index >= 15 is 0 Å². The van der Waals surface area contributed by atoms with Crippen LogP contribution in [0, 0.1) is 5.92 Å². The number of carbonyl (C=O) groups excluding carboxylic acids is 1. The van der Waals surface area contributed by atoms with Gasteiger partial charge in [-0.05, 0) is 20.8 Å². The molecule has 0 aliphatic carbocycles. The molecule has 0 saturated heterocycles. The van der Waals surface area contributed by atoms with Crippen LogP contribution < -0.4 is 0 Å². The third-order valence-corrected chi connectivity index (χ3v) is 1.16. The number of hydrogen-bond donors (Lipinski definition) is 0. The number of esters is 1. The molecule has 0 aromatic rings. The van der Waals surface area contributed by atoms with Crippen LogP contribution in [0.3, 0.4) is 0 Å². The summed E-state index contributed by atoms with van der Waals surface area (Å²) >= 11 is 0. The summed E-state index contributed by atoms with van der Waals surface area (Å²) in [5.41, 5.74) is 1.14. The summed E-state index contributed by atoms with van der Waals surface area (Å²) in [4.78, 5) is 10.8. The minimum atomic E-state index is -0.179. The Morgan fingerprint density at radius 1 is 1.50 bits per heavy atom. The highest BCUT2D eigenvalue weighted by molar-refractivity contribution is 5.73. The molecule has 0 fully saturated rings. The maximum Gasteiger partial charge on any atom is 0.312 e. The van der Waals surface area contributed by atoms with Crippen LogP contribution in [0.5, 0.6) is 0 Å². The molecule has 10 heavy (non-hydrogen) atoms. The lowest BCUT2D eigenvalue weighted by atomic mass is 10.1. The molecule has 58 valence electrons. The second kappa shape index (κ2) is 4.09. The molecule has 0 aliphatic heterocycles. The van der Waals surface area contributed by atoms with E-state index in [9.17, 15) is 4.79 Å². The Bertz CT molecular complexity index is 143. The number of ether oxygens (including phenoxy) is 1. The van der Waals surface area contributed by atoms with Gasteiger partial charge < -0.3 is 4.74 Å². The van der Waals surface area contributed by atoms with Crippen molar-refractivity contribution < 1.29 is 9.53 Å². The summed E-state index contributed by atoms with van der Waals surface area (Å²) in [5, 5.41) is 0. The first-order valence-corrected chi connectivity index (χ1v) is 3.30. The second-order valence-electron chi connectivity index (χ2n) is 2.56. The molecule has 0 rings (SSSR count). The van der Waals surface area contributed by atoms with Crippen LogP contribution in [0.1, 0.15) is 20.8 Å². The Balaban J connectivity index is 3.96. The van der Waals surface area contributed by atoms with Gasteiger partial charge in [-0.15, -0.1) is 0 Å². The maximum atomic E-state index is 10.8. The molecular formula is C8H14O2. The van der Waals surface area contributed by atoms with Crippen LogP contribution in [-0.2, 0) is 9.53 Å². The average molecular weight is 142 g/mol. The molecule has 2 heteroatoms. The van der Waals surface area contributed by atoms with Gasteiger partial charge in [-0.25, -0.2) is 0 Å². The number of methoxy groups -OCH3 is 1. The van der Waals surface area contributed by atoms with E-state index in [1.165, 1.54) is 7.11 Å². The van der Waals surface area contributed by atoms with E-state index in [1.54, 1.807) is 0 Å². The third-order valence-electron chi connectivity index (χ3n) is 1.16. The van der Waals surface area contributed by atoms with Crippen LogP contribution in [0.15, 0.2) is 11.6 Å². The van der Waals surface area contributed by atoms with Crippen molar-refractivity contribution in [3.05, 3.63) is 11.6 Å². The Morgan fingerprint density at radius 2 is 2.00 bits per heavy atom. The fourth-order valence-electron chi connectivity index (χ4n) is 0.754. The quantitative estimate of drug-likeness (QED) is 0.434. The van der Waals surface area contributed by atoms with Crippen molar-refractivity contribution in [3.8, 4) is 0 Å². The van der Waals surface area contributed by atoms with E-state index in [-0.39, 0.29) is 11.9 Å². The highest BCUT2D eigenvalue weighted by Gasteiger charge is 2.08. The van der Waals surface area contributed by atoms with Crippen molar-refractivity contribution >= 4 is 5.97 Å². The summed E-state index contributed by atoms with van der Waals surface area (Å²) < 4.78 is 4.53. The first kappa shape index (κ1) is 9.21. The van der Waals surface area contributed by atoms with Gasteiger partial charge in [-0.2, -0.15) is 0 Å². The summed E-state index contributed by atoms with van der Waals surface area (Å²) in [6.45, 7) is 5.73. The molecule has 0 radical (unpaired) electrons. The topological polar surface area (TPSA) is 26.3 Å². The first-order valence-electron chi connectivity index (χ1n) is 3.30. The molecule has 0 amide bonds. The third kappa shape index (κ3) is 3.28. The summed E-state index contributed by atoms with van der Waals surface area (Å²) in [5.74, 6) is -0.295. The van der Waals surface area contributed by atoms with E-state index < -0.39 is 0 Å². The van der Waals surface area contributed by atoms with E-state index in [2.05, 4.69) is 4.74 Å².